The molecule has 1 aliphatic heterocycles. The highest BCUT2D eigenvalue weighted by molar-refractivity contribution is 5.85. The number of aromatic carboxylic acids is 1. The van der Waals surface area contributed by atoms with Crippen LogP contribution in [0.3, 0.4) is 0 Å². The number of hydrogen-bond acceptors (Lipinski definition) is 7. The van der Waals surface area contributed by atoms with Gasteiger partial charge in [0.05, 0.1) is 12.7 Å². The Morgan fingerprint density at radius 3 is 3.12 bits per heavy atom. The molecule has 0 saturated carbocycles. The van der Waals surface area contributed by atoms with Crippen molar-refractivity contribution in [3.05, 3.63) is 46.6 Å². The highest BCUT2D eigenvalue weighted by Crippen LogP contribution is 2.16. The van der Waals surface area contributed by atoms with Gasteiger partial charge in [0.1, 0.15) is 5.82 Å². The molecule has 0 bridgehead atoms. The summed E-state index contributed by atoms with van der Waals surface area (Å²) in [5.74, 6) is -0.182. The van der Waals surface area contributed by atoms with Gasteiger partial charge in [-0.3, -0.25) is 4.79 Å². The lowest BCUT2D eigenvalue weighted by Crippen LogP contribution is -2.46. The number of carbonyl (C=O) groups is 1. The van der Waals surface area contributed by atoms with Crippen LogP contribution < -0.4 is 15.8 Å². The van der Waals surface area contributed by atoms with Gasteiger partial charge in [-0.2, -0.15) is 0 Å². The van der Waals surface area contributed by atoms with E-state index in [2.05, 4.69) is 15.3 Å². The van der Waals surface area contributed by atoms with Gasteiger partial charge in [0.15, 0.2) is 11.5 Å². The maximum atomic E-state index is 11.9. The minimum atomic E-state index is -1.06. The van der Waals surface area contributed by atoms with Crippen LogP contribution in [0.25, 0.3) is 0 Å². The molecule has 1 atom stereocenters. The summed E-state index contributed by atoms with van der Waals surface area (Å²) >= 11 is 0. The Labute approximate surface area is 143 Å². The van der Waals surface area contributed by atoms with Crippen molar-refractivity contribution >= 4 is 17.6 Å². The molecule has 1 aliphatic rings. The second-order valence-corrected chi connectivity index (χ2v) is 5.70. The number of pyridine rings is 1. The van der Waals surface area contributed by atoms with Crippen LogP contribution >= 0.6 is 0 Å². The van der Waals surface area contributed by atoms with Gasteiger partial charge in [-0.05, 0) is 12.1 Å². The minimum absolute atomic E-state index is 0.00986. The fourth-order valence-corrected chi connectivity index (χ4v) is 2.60. The first-order valence-corrected chi connectivity index (χ1v) is 7.87. The average molecular weight is 345 g/mol. The van der Waals surface area contributed by atoms with Crippen molar-refractivity contribution in [1.82, 2.24) is 14.5 Å². The molecular weight excluding hydrogens is 326 g/mol. The Bertz CT molecular complexity index is 822. The lowest BCUT2D eigenvalue weighted by Gasteiger charge is -2.33. The molecule has 0 aliphatic carbocycles. The normalized spacial score (nSPS) is 17.3. The van der Waals surface area contributed by atoms with Gasteiger partial charge in [-0.1, -0.05) is 6.07 Å². The van der Waals surface area contributed by atoms with Crippen molar-refractivity contribution in [2.75, 3.05) is 36.5 Å². The van der Waals surface area contributed by atoms with Gasteiger partial charge in [0.2, 0.25) is 0 Å². The van der Waals surface area contributed by atoms with E-state index in [1.54, 1.807) is 31.6 Å². The quantitative estimate of drug-likeness (QED) is 0.790. The maximum absolute atomic E-state index is 11.9. The van der Waals surface area contributed by atoms with E-state index in [1.807, 2.05) is 4.90 Å². The van der Waals surface area contributed by atoms with Crippen molar-refractivity contribution in [3.8, 4) is 0 Å². The van der Waals surface area contributed by atoms with Crippen LogP contribution in [-0.4, -0.2) is 58.0 Å². The summed E-state index contributed by atoms with van der Waals surface area (Å²) in [6.45, 7) is 2.07. The van der Waals surface area contributed by atoms with Crippen molar-refractivity contribution in [2.24, 2.45) is 7.05 Å². The van der Waals surface area contributed by atoms with Crippen LogP contribution in [0.15, 0.2) is 35.4 Å². The molecule has 9 heteroatoms. The Morgan fingerprint density at radius 2 is 2.32 bits per heavy atom. The fourth-order valence-electron chi connectivity index (χ4n) is 2.60. The molecule has 0 amide bonds. The number of nitrogens with zero attached hydrogens (tertiary/aromatic N) is 4. The van der Waals surface area contributed by atoms with E-state index in [0.29, 0.717) is 32.1 Å². The highest BCUT2D eigenvalue weighted by atomic mass is 16.5. The number of hydrogen-bond donors (Lipinski definition) is 2. The van der Waals surface area contributed by atoms with Crippen LogP contribution in [0.1, 0.15) is 10.5 Å². The standard InChI is InChI=1S/C16H19N5O4/c1-20-6-5-17-14(15(20)22)18-9-11-10-21(7-8-25-11)13-4-2-3-12(19-13)16(23)24/h2-6,11H,7-10H2,1H3,(H,17,18)(H,23,24). The fraction of sp³-hybridized carbons (Fsp3) is 0.375. The number of carboxylic acids is 1. The second-order valence-electron chi connectivity index (χ2n) is 5.70. The molecule has 3 heterocycles. The largest absolute Gasteiger partial charge is 0.477 e. The number of carboxylic acid groups (broad SMARTS) is 1. The van der Waals surface area contributed by atoms with E-state index in [-0.39, 0.29) is 23.2 Å². The van der Waals surface area contributed by atoms with Gasteiger partial charge in [-0.15, -0.1) is 0 Å². The Balaban J connectivity index is 1.65. The monoisotopic (exact) mass is 345 g/mol. The first-order chi connectivity index (χ1) is 12.0. The lowest BCUT2D eigenvalue weighted by molar-refractivity contribution is 0.0489. The number of rotatable bonds is 5. The molecule has 1 unspecified atom stereocenters. The smallest absolute Gasteiger partial charge is 0.354 e. The summed E-state index contributed by atoms with van der Waals surface area (Å²) in [5.41, 5.74) is -0.193. The molecule has 1 saturated heterocycles. The molecule has 25 heavy (non-hydrogen) atoms. The summed E-state index contributed by atoms with van der Waals surface area (Å²) in [6, 6.07) is 4.91. The SMILES string of the molecule is Cn1ccnc(NCC2CN(c3cccc(C(=O)O)n3)CCO2)c1=O. The van der Waals surface area contributed by atoms with Crippen molar-refractivity contribution in [3.63, 3.8) is 0 Å². The summed E-state index contributed by atoms with van der Waals surface area (Å²) in [6.07, 6.45) is 2.97. The van der Waals surface area contributed by atoms with Crippen molar-refractivity contribution < 1.29 is 14.6 Å². The Morgan fingerprint density at radius 1 is 1.48 bits per heavy atom. The zero-order valence-corrected chi connectivity index (χ0v) is 13.8. The second kappa shape index (κ2) is 7.31. The summed E-state index contributed by atoms with van der Waals surface area (Å²) < 4.78 is 7.16. The van der Waals surface area contributed by atoms with E-state index in [4.69, 9.17) is 9.84 Å². The van der Waals surface area contributed by atoms with Crippen LogP contribution in [0.2, 0.25) is 0 Å². The Hall–Kier alpha value is -2.94. The minimum Gasteiger partial charge on any atom is -0.477 e. The highest BCUT2D eigenvalue weighted by Gasteiger charge is 2.22. The molecule has 3 rings (SSSR count). The zero-order valence-electron chi connectivity index (χ0n) is 13.8. The molecule has 2 aromatic rings. The van der Waals surface area contributed by atoms with Gasteiger partial charge in [-0.25, -0.2) is 14.8 Å². The van der Waals surface area contributed by atoms with E-state index >= 15 is 0 Å². The van der Waals surface area contributed by atoms with Crippen LogP contribution in [-0.2, 0) is 11.8 Å². The third kappa shape index (κ3) is 3.94. The first-order valence-electron chi connectivity index (χ1n) is 7.87. The number of nitrogens with one attached hydrogen (secondary N) is 1. The van der Waals surface area contributed by atoms with E-state index in [9.17, 15) is 9.59 Å². The van der Waals surface area contributed by atoms with Crippen LogP contribution in [0.4, 0.5) is 11.6 Å². The summed E-state index contributed by atoms with van der Waals surface area (Å²) in [4.78, 5) is 33.2. The third-order valence-corrected chi connectivity index (χ3v) is 3.93. The summed E-state index contributed by atoms with van der Waals surface area (Å²) in [5, 5.41) is 12.1. The first kappa shape index (κ1) is 16.9. The Kier molecular flexibility index (Phi) is 4.94. The van der Waals surface area contributed by atoms with Gasteiger partial charge in [0.25, 0.3) is 5.56 Å². The summed E-state index contributed by atoms with van der Waals surface area (Å²) in [7, 11) is 1.66. The molecular formula is C16H19N5O4. The molecule has 0 radical (unpaired) electrons. The number of anilines is 2. The van der Waals surface area contributed by atoms with Crippen LogP contribution in [0, 0.1) is 0 Å². The zero-order chi connectivity index (χ0) is 17.8. The van der Waals surface area contributed by atoms with Gasteiger partial charge in [0, 0.05) is 39.1 Å². The molecule has 1 fully saturated rings. The number of morpholine rings is 1. The van der Waals surface area contributed by atoms with E-state index in [0.717, 1.165) is 0 Å². The van der Waals surface area contributed by atoms with E-state index in [1.165, 1.54) is 10.6 Å². The van der Waals surface area contributed by atoms with Crippen molar-refractivity contribution in [1.29, 1.82) is 0 Å². The van der Waals surface area contributed by atoms with E-state index < -0.39 is 5.97 Å². The number of aryl methyl sites for hydroxylation is 1. The molecule has 2 aromatic heterocycles. The lowest BCUT2D eigenvalue weighted by atomic mass is 10.2. The van der Waals surface area contributed by atoms with Crippen molar-refractivity contribution in [2.45, 2.75) is 6.10 Å². The number of aromatic nitrogens is 3. The van der Waals surface area contributed by atoms with Gasteiger partial charge >= 0.3 is 5.97 Å². The predicted molar refractivity (Wildman–Crippen MR) is 91.1 cm³/mol. The predicted octanol–water partition coefficient (Wildman–Crippen LogP) is 0.191. The topological polar surface area (TPSA) is 110 Å². The molecule has 132 valence electrons. The van der Waals surface area contributed by atoms with Crippen LogP contribution in [0.5, 0.6) is 0 Å². The number of ether oxygens (including phenoxy) is 1. The molecule has 0 spiro atoms. The van der Waals surface area contributed by atoms with Gasteiger partial charge < -0.3 is 24.6 Å². The third-order valence-electron chi connectivity index (χ3n) is 3.93. The molecule has 9 nitrogen and oxygen atoms in total. The maximum Gasteiger partial charge on any atom is 0.354 e. The molecule has 0 aromatic carbocycles. The molecule has 2 N–H and O–H groups in total. The average Bonchev–Trinajstić information content (AvgIpc) is 2.63.